The highest BCUT2D eigenvalue weighted by Gasteiger charge is 2.21. The molecule has 21 heavy (non-hydrogen) atoms. The third-order valence-corrected chi connectivity index (χ3v) is 3.57. The minimum atomic E-state index is -0.810. The van der Waals surface area contributed by atoms with Gasteiger partial charge in [0.25, 0.3) is 5.43 Å². The summed E-state index contributed by atoms with van der Waals surface area (Å²) in [5, 5.41) is 9.46. The van der Waals surface area contributed by atoms with Crippen molar-refractivity contribution in [1.82, 2.24) is 0 Å². The second-order valence-electron chi connectivity index (χ2n) is 4.82. The van der Waals surface area contributed by atoms with E-state index in [1.54, 1.807) is 12.1 Å². The van der Waals surface area contributed by atoms with E-state index in [4.69, 9.17) is 0 Å². The van der Waals surface area contributed by atoms with Crippen molar-refractivity contribution in [2.24, 2.45) is 0 Å². The summed E-state index contributed by atoms with van der Waals surface area (Å²) < 4.78 is 0. The van der Waals surface area contributed by atoms with Gasteiger partial charge in [0.1, 0.15) is 0 Å². The van der Waals surface area contributed by atoms with Crippen molar-refractivity contribution in [3.63, 3.8) is 0 Å². The van der Waals surface area contributed by atoms with Crippen LogP contribution in [0.25, 0.3) is 11.1 Å². The van der Waals surface area contributed by atoms with E-state index in [2.05, 4.69) is 0 Å². The first-order chi connectivity index (χ1) is 10.1. The van der Waals surface area contributed by atoms with Crippen LogP contribution < -0.4 is 15.8 Å². The topological polar surface area (TPSA) is 57.6 Å². The predicted molar refractivity (Wildman–Crippen MR) is 83.0 cm³/mol. The van der Waals surface area contributed by atoms with E-state index in [9.17, 15) is 14.7 Å². The van der Waals surface area contributed by atoms with Gasteiger partial charge in [-0.3, -0.25) is 9.59 Å². The van der Waals surface area contributed by atoms with Gasteiger partial charge in [0, 0.05) is 18.4 Å². The van der Waals surface area contributed by atoms with Gasteiger partial charge in [0.15, 0.2) is 5.75 Å². The quantitative estimate of drug-likeness (QED) is 0.748. The van der Waals surface area contributed by atoms with Crippen molar-refractivity contribution >= 4 is 11.4 Å². The maximum Gasteiger partial charge on any atom is 0.268 e. The smallest absolute Gasteiger partial charge is 0.268 e. The summed E-state index contributed by atoms with van der Waals surface area (Å²) in [6.45, 7) is 0. The first kappa shape index (κ1) is 13.1. The Hall–Kier alpha value is -2.88. The third kappa shape index (κ3) is 2.10. The zero-order chi connectivity index (χ0) is 15.0. The standard InChI is InChI=1S/C17H13NO3/c1-18(12-5-3-2-4-6-12)13-9-7-11(8-10-13)14-15(19)17(21)16(14)20/h2-10,19H,1H3. The first-order valence-electron chi connectivity index (χ1n) is 6.51. The van der Waals surface area contributed by atoms with E-state index in [0.717, 1.165) is 11.4 Å². The maximum absolute atomic E-state index is 11.4. The van der Waals surface area contributed by atoms with Crippen molar-refractivity contribution in [3.8, 4) is 16.9 Å². The minimum absolute atomic E-state index is 0.105. The summed E-state index contributed by atoms with van der Waals surface area (Å²) in [4.78, 5) is 24.5. The fraction of sp³-hybridized carbons (Fsp3) is 0.0588. The molecule has 4 heteroatoms. The van der Waals surface area contributed by atoms with Gasteiger partial charge >= 0.3 is 0 Å². The predicted octanol–water partition coefficient (Wildman–Crippen LogP) is 2.42. The lowest BCUT2D eigenvalue weighted by Gasteiger charge is -2.19. The van der Waals surface area contributed by atoms with Gasteiger partial charge in [-0.1, -0.05) is 30.3 Å². The lowest BCUT2D eigenvalue weighted by molar-refractivity contribution is 0.465. The molecule has 104 valence electrons. The molecule has 3 rings (SSSR count). The SMILES string of the molecule is CN(c1ccccc1)c1ccc(-c2c(O)c(=O)c2=O)cc1. The molecule has 3 aromatic carbocycles. The molecule has 4 nitrogen and oxygen atoms in total. The van der Waals surface area contributed by atoms with E-state index in [1.165, 1.54) is 0 Å². The van der Waals surface area contributed by atoms with Crippen LogP contribution in [-0.2, 0) is 0 Å². The zero-order valence-corrected chi connectivity index (χ0v) is 11.4. The van der Waals surface area contributed by atoms with Crippen molar-refractivity contribution in [2.45, 2.75) is 0 Å². The van der Waals surface area contributed by atoms with Gasteiger partial charge < -0.3 is 10.0 Å². The van der Waals surface area contributed by atoms with Gasteiger partial charge in [-0.2, -0.15) is 0 Å². The molecular weight excluding hydrogens is 266 g/mol. The normalized spacial score (nSPS) is 10.7. The van der Waals surface area contributed by atoms with E-state index in [0.29, 0.717) is 5.56 Å². The van der Waals surface area contributed by atoms with Crippen LogP contribution in [0.3, 0.4) is 0 Å². The molecule has 0 aromatic heterocycles. The summed E-state index contributed by atoms with van der Waals surface area (Å²) in [5.74, 6) is -0.441. The molecule has 0 saturated carbocycles. The van der Waals surface area contributed by atoms with E-state index >= 15 is 0 Å². The van der Waals surface area contributed by atoms with E-state index in [-0.39, 0.29) is 5.56 Å². The van der Waals surface area contributed by atoms with Crippen LogP contribution in [0.15, 0.2) is 64.2 Å². The highest BCUT2D eigenvalue weighted by Crippen LogP contribution is 2.28. The fourth-order valence-electron chi connectivity index (χ4n) is 2.30. The van der Waals surface area contributed by atoms with Crippen LogP contribution in [0.5, 0.6) is 5.75 Å². The van der Waals surface area contributed by atoms with E-state index in [1.807, 2.05) is 54.4 Å². The van der Waals surface area contributed by atoms with Gasteiger partial charge in [0.05, 0.1) is 5.56 Å². The Morgan fingerprint density at radius 1 is 0.810 bits per heavy atom. The Morgan fingerprint density at radius 2 is 1.38 bits per heavy atom. The Balaban J connectivity index is 1.92. The van der Waals surface area contributed by atoms with Crippen LogP contribution in [0.1, 0.15) is 0 Å². The minimum Gasteiger partial charge on any atom is -0.503 e. The summed E-state index contributed by atoms with van der Waals surface area (Å²) in [6.07, 6.45) is 0. The highest BCUT2D eigenvalue weighted by atomic mass is 16.3. The molecule has 0 heterocycles. The molecule has 0 aliphatic carbocycles. The van der Waals surface area contributed by atoms with Crippen LogP contribution in [-0.4, -0.2) is 12.2 Å². The number of anilines is 2. The van der Waals surface area contributed by atoms with Crippen molar-refractivity contribution in [2.75, 3.05) is 11.9 Å². The molecule has 0 aliphatic rings. The summed E-state index contributed by atoms with van der Waals surface area (Å²) in [7, 11) is 1.94. The fourth-order valence-corrected chi connectivity index (χ4v) is 2.30. The average Bonchev–Trinajstić information content (AvgIpc) is 2.55. The van der Waals surface area contributed by atoms with Gasteiger partial charge in [0.2, 0.25) is 5.43 Å². The number of benzene rings is 2. The van der Waals surface area contributed by atoms with Crippen LogP contribution in [0, 0.1) is 0 Å². The molecule has 1 N–H and O–H groups in total. The summed E-state index contributed by atoms with van der Waals surface area (Å²) >= 11 is 0. The van der Waals surface area contributed by atoms with Crippen LogP contribution >= 0.6 is 0 Å². The van der Waals surface area contributed by atoms with Crippen molar-refractivity contribution in [1.29, 1.82) is 0 Å². The molecule has 0 unspecified atom stereocenters. The summed E-state index contributed by atoms with van der Waals surface area (Å²) in [5.41, 5.74) is 1.22. The lowest BCUT2D eigenvalue weighted by atomic mass is 10.00. The van der Waals surface area contributed by atoms with Crippen molar-refractivity contribution < 1.29 is 5.11 Å². The van der Waals surface area contributed by atoms with Gasteiger partial charge in [-0.05, 0) is 29.8 Å². The molecule has 0 radical (unpaired) electrons. The molecule has 0 aliphatic heterocycles. The molecule has 3 aromatic rings. The number of rotatable bonds is 3. The molecule has 0 bridgehead atoms. The Labute approximate surface area is 121 Å². The molecule has 0 amide bonds. The Kier molecular flexibility index (Phi) is 3.06. The number of nitrogens with zero attached hydrogens (tertiary/aromatic N) is 1. The highest BCUT2D eigenvalue weighted by molar-refractivity contribution is 5.75. The summed E-state index contributed by atoms with van der Waals surface area (Å²) in [6, 6.07) is 17.0. The monoisotopic (exact) mass is 279 g/mol. The zero-order valence-electron chi connectivity index (χ0n) is 11.4. The Bertz CT molecular complexity index is 844. The molecule has 0 atom stereocenters. The largest absolute Gasteiger partial charge is 0.503 e. The van der Waals surface area contributed by atoms with Crippen molar-refractivity contribution in [3.05, 3.63) is 75.0 Å². The lowest BCUT2D eigenvalue weighted by Crippen LogP contribution is -2.31. The third-order valence-electron chi connectivity index (χ3n) is 3.57. The number of hydrogen-bond donors (Lipinski definition) is 1. The first-order valence-corrected chi connectivity index (χ1v) is 6.51. The van der Waals surface area contributed by atoms with Gasteiger partial charge in [-0.25, -0.2) is 0 Å². The van der Waals surface area contributed by atoms with Crippen LogP contribution in [0.4, 0.5) is 11.4 Å². The average molecular weight is 279 g/mol. The molecule has 0 saturated heterocycles. The number of para-hydroxylation sites is 1. The second-order valence-corrected chi connectivity index (χ2v) is 4.82. The number of aromatic hydroxyl groups is 1. The molecular formula is C17H13NO3. The molecule has 0 spiro atoms. The van der Waals surface area contributed by atoms with Crippen LogP contribution in [0.2, 0.25) is 0 Å². The number of hydrogen-bond acceptors (Lipinski definition) is 4. The molecule has 0 fully saturated rings. The second kappa shape index (κ2) is 4.90. The van der Waals surface area contributed by atoms with E-state index < -0.39 is 16.6 Å². The van der Waals surface area contributed by atoms with Gasteiger partial charge in [-0.15, -0.1) is 0 Å². The Morgan fingerprint density at radius 3 is 1.95 bits per heavy atom. The maximum atomic E-state index is 11.4.